The van der Waals surface area contributed by atoms with Crippen molar-refractivity contribution in [2.75, 3.05) is 6.61 Å². The third-order valence-electron chi connectivity index (χ3n) is 5.35. The van der Waals surface area contributed by atoms with Gasteiger partial charge >= 0.3 is 5.97 Å². The summed E-state index contributed by atoms with van der Waals surface area (Å²) >= 11 is 0. The molecule has 6 atom stereocenters. The van der Waals surface area contributed by atoms with Crippen LogP contribution in [0.25, 0.3) is 0 Å². The molecule has 4 rings (SSSR count). The van der Waals surface area contributed by atoms with Crippen LogP contribution in [0.4, 0.5) is 0 Å². The number of piperidine rings is 2. The molecule has 1 aromatic rings. The first-order chi connectivity index (χ1) is 11.1. The molecule has 0 spiro atoms. The van der Waals surface area contributed by atoms with Crippen LogP contribution in [0.5, 0.6) is 0 Å². The normalized spacial score (nSPS) is 35.0. The van der Waals surface area contributed by atoms with Crippen molar-refractivity contribution in [1.82, 2.24) is 4.90 Å². The fourth-order valence-corrected chi connectivity index (χ4v) is 4.24. The number of ether oxygens (including phenoxy) is 1. The molecule has 23 heavy (non-hydrogen) atoms. The fourth-order valence-electron chi connectivity index (χ4n) is 4.24. The SMILES string of the molecule is CCOC(=O)[C@H]1[C@@H]2CC[C@H](C(O)C2O)N1[C@H](C)c1ccccc1. The van der Waals surface area contributed by atoms with Crippen molar-refractivity contribution < 1.29 is 19.7 Å². The molecule has 5 heteroatoms. The van der Waals surface area contributed by atoms with Crippen LogP contribution in [0.15, 0.2) is 30.3 Å². The lowest BCUT2D eigenvalue weighted by Crippen LogP contribution is -2.69. The predicted molar refractivity (Wildman–Crippen MR) is 85.6 cm³/mol. The summed E-state index contributed by atoms with van der Waals surface area (Å²) in [6.45, 7) is 4.15. The Bertz CT molecular complexity index is 549. The standard InChI is InChI=1S/C18H25NO4/c1-3-23-18(22)15-13-9-10-14(17(21)16(13)20)19(15)11(2)12-7-5-4-6-8-12/h4-8,11,13-17,20-21H,3,9-10H2,1-2H3/t11-,13+,14-,15-,16?,17?/m1/s1. The van der Waals surface area contributed by atoms with Crippen LogP contribution in [0.2, 0.25) is 0 Å². The zero-order chi connectivity index (χ0) is 16.6. The molecule has 1 aliphatic carbocycles. The van der Waals surface area contributed by atoms with Crippen molar-refractivity contribution >= 4 is 5.97 Å². The lowest BCUT2D eigenvalue weighted by Gasteiger charge is -2.56. The van der Waals surface area contributed by atoms with E-state index >= 15 is 0 Å². The second-order valence-corrected chi connectivity index (χ2v) is 6.52. The van der Waals surface area contributed by atoms with Gasteiger partial charge in [0.25, 0.3) is 0 Å². The monoisotopic (exact) mass is 319 g/mol. The Kier molecular flexibility index (Phi) is 4.71. The molecule has 3 aliphatic rings. The minimum Gasteiger partial charge on any atom is -0.465 e. The minimum atomic E-state index is -0.859. The zero-order valence-electron chi connectivity index (χ0n) is 13.6. The van der Waals surface area contributed by atoms with E-state index in [4.69, 9.17) is 4.74 Å². The maximum absolute atomic E-state index is 12.5. The van der Waals surface area contributed by atoms with Gasteiger partial charge in [-0.2, -0.15) is 0 Å². The van der Waals surface area contributed by atoms with Gasteiger partial charge in [-0.25, -0.2) is 0 Å². The summed E-state index contributed by atoms with van der Waals surface area (Å²) in [6.07, 6.45) is -0.145. The highest BCUT2D eigenvalue weighted by Crippen LogP contribution is 2.44. The molecule has 1 aromatic carbocycles. The van der Waals surface area contributed by atoms with Gasteiger partial charge in [-0.05, 0) is 32.3 Å². The molecule has 2 heterocycles. The van der Waals surface area contributed by atoms with Gasteiger partial charge < -0.3 is 14.9 Å². The topological polar surface area (TPSA) is 70.0 Å². The van der Waals surface area contributed by atoms with Crippen molar-refractivity contribution in [2.45, 2.75) is 57.0 Å². The van der Waals surface area contributed by atoms with Gasteiger partial charge in [-0.1, -0.05) is 30.3 Å². The van der Waals surface area contributed by atoms with Gasteiger partial charge in [0.05, 0.1) is 18.8 Å². The summed E-state index contributed by atoms with van der Waals surface area (Å²) in [7, 11) is 0. The number of hydrogen-bond acceptors (Lipinski definition) is 5. The Morgan fingerprint density at radius 2 is 1.96 bits per heavy atom. The van der Waals surface area contributed by atoms with E-state index < -0.39 is 18.2 Å². The molecule has 2 N–H and O–H groups in total. The quantitative estimate of drug-likeness (QED) is 0.823. The number of aliphatic hydroxyl groups excluding tert-OH is 2. The molecular weight excluding hydrogens is 294 g/mol. The highest BCUT2D eigenvalue weighted by Gasteiger charge is 2.56. The third-order valence-corrected chi connectivity index (χ3v) is 5.35. The van der Waals surface area contributed by atoms with Crippen molar-refractivity contribution in [3.8, 4) is 0 Å². The predicted octanol–water partition coefficient (Wildman–Crippen LogP) is 1.50. The van der Waals surface area contributed by atoms with E-state index in [2.05, 4.69) is 4.90 Å². The summed E-state index contributed by atoms with van der Waals surface area (Å²) in [4.78, 5) is 14.6. The lowest BCUT2D eigenvalue weighted by molar-refractivity contribution is -0.196. The largest absolute Gasteiger partial charge is 0.465 e. The number of rotatable bonds is 4. The molecular formula is C18H25NO4. The second-order valence-electron chi connectivity index (χ2n) is 6.52. The van der Waals surface area contributed by atoms with Gasteiger partial charge in [-0.15, -0.1) is 0 Å². The van der Waals surface area contributed by atoms with Gasteiger partial charge in [-0.3, -0.25) is 9.69 Å². The summed E-state index contributed by atoms with van der Waals surface area (Å²) in [5.41, 5.74) is 1.09. The van der Waals surface area contributed by atoms with Crippen LogP contribution < -0.4 is 0 Å². The third kappa shape index (κ3) is 2.77. The van der Waals surface area contributed by atoms with Crippen LogP contribution in [-0.4, -0.2) is 52.0 Å². The molecule has 0 aromatic heterocycles. The van der Waals surface area contributed by atoms with E-state index in [1.54, 1.807) is 6.92 Å². The molecule has 1 saturated carbocycles. The molecule has 2 bridgehead atoms. The van der Waals surface area contributed by atoms with E-state index in [1.807, 2.05) is 37.3 Å². The summed E-state index contributed by atoms with van der Waals surface area (Å²) in [5, 5.41) is 20.8. The zero-order valence-corrected chi connectivity index (χ0v) is 13.6. The maximum Gasteiger partial charge on any atom is 0.323 e. The maximum atomic E-state index is 12.5. The minimum absolute atomic E-state index is 0.0273. The smallest absolute Gasteiger partial charge is 0.323 e. The number of fused-ring (bicyclic) bond motifs is 3. The Morgan fingerprint density at radius 3 is 2.61 bits per heavy atom. The Morgan fingerprint density at radius 1 is 1.26 bits per heavy atom. The summed E-state index contributed by atoms with van der Waals surface area (Å²) in [6, 6.07) is 9.20. The first kappa shape index (κ1) is 16.4. The van der Waals surface area contributed by atoms with Gasteiger partial charge in [0, 0.05) is 18.0 Å². The van der Waals surface area contributed by atoms with E-state index in [0.717, 1.165) is 18.4 Å². The molecule has 2 aliphatic heterocycles. The number of nitrogens with zero attached hydrogens (tertiary/aromatic N) is 1. The highest BCUT2D eigenvalue weighted by molar-refractivity contribution is 5.77. The number of benzene rings is 1. The van der Waals surface area contributed by atoms with Crippen molar-refractivity contribution in [3.63, 3.8) is 0 Å². The average molecular weight is 319 g/mol. The average Bonchev–Trinajstić information content (AvgIpc) is 2.58. The molecule has 2 unspecified atom stereocenters. The van der Waals surface area contributed by atoms with E-state index in [-0.39, 0.29) is 24.0 Å². The van der Waals surface area contributed by atoms with E-state index in [0.29, 0.717) is 6.61 Å². The number of hydrogen-bond donors (Lipinski definition) is 2. The van der Waals surface area contributed by atoms with Crippen LogP contribution in [0.1, 0.15) is 38.3 Å². The Labute approximate surface area is 136 Å². The van der Waals surface area contributed by atoms with Crippen LogP contribution in [-0.2, 0) is 9.53 Å². The van der Waals surface area contributed by atoms with Gasteiger partial charge in [0.2, 0.25) is 0 Å². The van der Waals surface area contributed by atoms with E-state index in [9.17, 15) is 15.0 Å². The first-order valence-corrected chi connectivity index (χ1v) is 8.41. The highest BCUT2D eigenvalue weighted by atomic mass is 16.5. The molecule has 5 nitrogen and oxygen atoms in total. The fraction of sp³-hybridized carbons (Fsp3) is 0.611. The summed E-state index contributed by atoms with van der Waals surface area (Å²) < 4.78 is 5.26. The molecule has 0 radical (unpaired) electrons. The summed E-state index contributed by atoms with van der Waals surface area (Å²) in [5.74, 6) is -0.573. The second kappa shape index (κ2) is 6.59. The number of carbonyl (C=O) groups is 1. The van der Waals surface area contributed by atoms with Gasteiger partial charge in [0.15, 0.2) is 0 Å². The number of carbonyl (C=O) groups excluding carboxylic acids is 1. The number of esters is 1. The van der Waals surface area contributed by atoms with E-state index in [1.165, 1.54) is 0 Å². The molecule has 126 valence electrons. The lowest BCUT2D eigenvalue weighted by atomic mass is 9.70. The molecule has 3 fully saturated rings. The molecule has 0 amide bonds. The first-order valence-electron chi connectivity index (χ1n) is 8.41. The van der Waals surface area contributed by atoms with Crippen LogP contribution >= 0.6 is 0 Å². The Hall–Kier alpha value is -1.43. The number of aliphatic hydroxyl groups is 2. The van der Waals surface area contributed by atoms with Crippen molar-refractivity contribution in [1.29, 1.82) is 0 Å². The Balaban J connectivity index is 1.95. The van der Waals surface area contributed by atoms with Crippen LogP contribution in [0.3, 0.4) is 0 Å². The van der Waals surface area contributed by atoms with Crippen molar-refractivity contribution in [2.24, 2.45) is 5.92 Å². The van der Waals surface area contributed by atoms with Crippen molar-refractivity contribution in [3.05, 3.63) is 35.9 Å². The van der Waals surface area contributed by atoms with Gasteiger partial charge in [0.1, 0.15) is 6.04 Å². The molecule has 2 saturated heterocycles. The van der Waals surface area contributed by atoms with Crippen LogP contribution in [0, 0.1) is 5.92 Å².